The highest BCUT2D eigenvalue weighted by molar-refractivity contribution is 9.10. The van der Waals surface area contributed by atoms with E-state index in [-0.39, 0.29) is 5.02 Å². The summed E-state index contributed by atoms with van der Waals surface area (Å²) in [5.74, 6) is 5.14. The lowest BCUT2D eigenvalue weighted by atomic mass is 9.95. The Morgan fingerprint density at radius 2 is 2.15 bits per heavy atom. The summed E-state index contributed by atoms with van der Waals surface area (Å²) in [7, 11) is 0. The van der Waals surface area contributed by atoms with E-state index >= 15 is 0 Å². The Bertz CT molecular complexity index is 621. The first kappa shape index (κ1) is 15.4. The van der Waals surface area contributed by atoms with Gasteiger partial charge in [-0.2, -0.15) is 0 Å². The van der Waals surface area contributed by atoms with Crippen LogP contribution in [-0.2, 0) is 6.42 Å². The van der Waals surface area contributed by atoms with Crippen LogP contribution in [0, 0.1) is 5.82 Å². The third kappa shape index (κ3) is 2.86. The fourth-order valence-electron chi connectivity index (χ4n) is 2.13. The second-order valence-electron chi connectivity index (χ2n) is 4.29. The van der Waals surface area contributed by atoms with Crippen LogP contribution in [0.3, 0.4) is 0 Å². The summed E-state index contributed by atoms with van der Waals surface area (Å²) < 4.78 is 14.9. The van der Waals surface area contributed by atoms with E-state index in [4.69, 9.17) is 17.4 Å². The summed E-state index contributed by atoms with van der Waals surface area (Å²) in [5.41, 5.74) is 4.96. The van der Waals surface area contributed by atoms with Crippen LogP contribution in [0.15, 0.2) is 35.1 Å². The minimum absolute atomic E-state index is 0.0508. The Morgan fingerprint density at radius 1 is 1.40 bits per heavy atom. The molecule has 0 saturated heterocycles. The number of nitrogens with two attached hydrogens (primary N) is 1. The first-order valence-electron chi connectivity index (χ1n) is 6.12. The van der Waals surface area contributed by atoms with Gasteiger partial charge in [0.05, 0.1) is 11.1 Å². The fourth-order valence-corrected chi connectivity index (χ4v) is 2.60. The van der Waals surface area contributed by atoms with E-state index in [0.29, 0.717) is 10.0 Å². The van der Waals surface area contributed by atoms with E-state index in [1.54, 1.807) is 24.5 Å². The minimum atomic E-state index is -0.483. The van der Waals surface area contributed by atoms with Gasteiger partial charge in [0.2, 0.25) is 0 Å². The Balaban J connectivity index is 2.56. The second-order valence-corrected chi connectivity index (χ2v) is 5.52. The molecule has 106 valence electrons. The van der Waals surface area contributed by atoms with Gasteiger partial charge < -0.3 is 0 Å². The molecule has 0 radical (unpaired) electrons. The van der Waals surface area contributed by atoms with Crippen molar-refractivity contribution in [2.75, 3.05) is 0 Å². The molecule has 0 spiro atoms. The van der Waals surface area contributed by atoms with E-state index in [1.807, 2.05) is 13.0 Å². The normalized spacial score (nSPS) is 12.4. The van der Waals surface area contributed by atoms with Crippen LogP contribution in [0.1, 0.15) is 29.7 Å². The summed E-state index contributed by atoms with van der Waals surface area (Å²) in [6.07, 6.45) is 4.21. The maximum Gasteiger partial charge on any atom is 0.148 e. The molecule has 3 N–H and O–H groups in total. The third-order valence-electron chi connectivity index (χ3n) is 3.18. The number of pyridine rings is 1. The molecule has 1 aromatic carbocycles. The Labute approximate surface area is 130 Å². The lowest BCUT2D eigenvalue weighted by molar-refractivity contribution is 0.557. The number of nitrogens with zero attached hydrogens (tertiary/aromatic N) is 1. The number of rotatable bonds is 4. The van der Waals surface area contributed by atoms with Crippen molar-refractivity contribution >= 4 is 27.5 Å². The molecule has 1 heterocycles. The molecule has 1 unspecified atom stereocenters. The molecule has 0 saturated carbocycles. The first-order valence-corrected chi connectivity index (χ1v) is 7.29. The van der Waals surface area contributed by atoms with Crippen molar-refractivity contribution in [3.8, 4) is 0 Å². The molecule has 0 aliphatic carbocycles. The summed E-state index contributed by atoms with van der Waals surface area (Å²) >= 11 is 9.14. The largest absolute Gasteiger partial charge is 0.271 e. The van der Waals surface area contributed by atoms with Gasteiger partial charge in [-0.1, -0.05) is 24.6 Å². The zero-order valence-electron chi connectivity index (χ0n) is 10.8. The SMILES string of the molecule is CCc1cnccc1C(NN)c1ccc(Br)c(Cl)c1F. The number of hydrogen-bond donors (Lipinski definition) is 2. The smallest absolute Gasteiger partial charge is 0.148 e. The molecule has 0 bridgehead atoms. The maximum atomic E-state index is 14.3. The number of benzene rings is 1. The molecule has 6 heteroatoms. The Kier molecular flexibility index (Phi) is 5.10. The van der Waals surface area contributed by atoms with Crippen molar-refractivity contribution in [2.45, 2.75) is 19.4 Å². The zero-order chi connectivity index (χ0) is 14.7. The van der Waals surface area contributed by atoms with Gasteiger partial charge in [-0.15, -0.1) is 0 Å². The summed E-state index contributed by atoms with van der Waals surface area (Å²) in [6, 6.07) is 4.73. The molecule has 0 amide bonds. The quantitative estimate of drug-likeness (QED) is 0.497. The van der Waals surface area contributed by atoms with Crippen molar-refractivity contribution in [3.63, 3.8) is 0 Å². The molecule has 0 aliphatic rings. The number of aryl methyl sites for hydroxylation is 1. The average Bonchev–Trinajstić information content (AvgIpc) is 2.48. The molecule has 1 aromatic heterocycles. The minimum Gasteiger partial charge on any atom is -0.271 e. The average molecular weight is 359 g/mol. The highest BCUT2D eigenvalue weighted by atomic mass is 79.9. The summed E-state index contributed by atoms with van der Waals surface area (Å²) in [6.45, 7) is 2.01. The highest BCUT2D eigenvalue weighted by Crippen LogP contribution is 2.33. The van der Waals surface area contributed by atoms with Crippen LogP contribution in [0.25, 0.3) is 0 Å². The van der Waals surface area contributed by atoms with Gasteiger partial charge in [-0.3, -0.25) is 10.8 Å². The number of hydrogen-bond acceptors (Lipinski definition) is 3. The van der Waals surface area contributed by atoms with E-state index in [9.17, 15) is 4.39 Å². The summed E-state index contributed by atoms with van der Waals surface area (Å²) in [4.78, 5) is 4.08. The predicted molar refractivity (Wildman–Crippen MR) is 81.9 cm³/mol. The van der Waals surface area contributed by atoms with Crippen molar-refractivity contribution in [3.05, 3.63) is 62.6 Å². The Hall–Kier alpha value is -1.01. The first-order chi connectivity index (χ1) is 9.60. The zero-order valence-corrected chi connectivity index (χ0v) is 13.2. The van der Waals surface area contributed by atoms with Gasteiger partial charge in [-0.25, -0.2) is 9.82 Å². The van der Waals surface area contributed by atoms with Crippen molar-refractivity contribution < 1.29 is 4.39 Å². The topological polar surface area (TPSA) is 50.9 Å². The van der Waals surface area contributed by atoms with Crippen molar-refractivity contribution in [2.24, 2.45) is 5.84 Å². The molecule has 0 aliphatic heterocycles. The van der Waals surface area contributed by atoms with E-state index in [2.05, 4.69) is 26.3 Å². The highest BCUT2D eigenvalue weighted by Gasteiger charge is 2.21. The van der Waals surface area contributed by atoms with Gasteiger partial charge in [0.15, 0.2) is 0 Å². The number of aromatic nitrogens is 1. The molecule has 3 nitrogen and oxygen atoms in total. The molecule has 1 atom stereocenters. The van der Waals surface area contributed by atoms with Crippen molar-refractivity contribution in [1.82, 2.24) is 10.4 Å². The van der Waals surface area contributed by atoms with E-state index in [1.165, 1.54) is 0 Å². The Morgan fingerprint density at radius 3 is 2.80 bits per heavy atom. The van der Waals surface area contributed by atoms with Crippen molar-refractivity contribution in [1.29, 1.82) is 0 Å². The fraction of sp³-hybridized carbons (Fsp3) is 0.214. The summed E-state index contributed by atoms with van der Waals surface area (Å²) in [5, 5.41) is 0.0508. The monoisotopic (exact) mass is 357 g/mol. The molecule has 20 heavy (non-hydrogen) atoms. The molecule has 0 fully saturated rings. The number of nitrogens with one attached hydrogen (secondary N) is 1. The van der Waals surface area contributed by atoms with Gasteiger partial charge in [0.1, 0.15) is 5.82 Å². The number of halogens is 3. The van der Waals surface area contributed by atoms with Gasteiger partial charge in [0, 0.05) is 22.4 Å². The van der Waals surface area contributed by atoms with Crippen LogP contribution >= 0.6 is 27.5 Å². The van der Waals surface area contributed by atoms with E-state index < -0.39 is 11.9 Å². The lowest BCUT2D eigenvalue weighted by Gasteiger charge is -2.20. The molecule has 2 rings (SSSR count). The lowest BCUT2D eigenvalue weighted by Crippen LogP contribution is -2.30. The van der Waals surface area contributed by atoms with Crippen LogP contribution in [0.5, 0.6) is 0 Å². The van der Waals surface area contributed by atoms with Crippen LogP contribution in [0.2, 0.25) is 5.02 Å². The second kappa shape index (κ2) is 6.63. The predicted octanol–water partition coefficient (Wildman–Crippen LogP) is 3.75. The molecular formula is C14H14BrClFN3. The third-order valence-corrected chi connectivity index (χ3v) is 4.43. The maximum absolute atomic E-state index is 14.3. The van der Waals surface area contributed by atoms with Gasteiger partial charge in [0.25, 0.3) is 0 Å². The van der Waals surface area contributed by atoms with Gasteiger partial charge in [-0.05, 0) is 45.6 Å². The molecule has 2 aromatic rings. The number of hydrazine groups is 1. The van der Waals surface area contributed by atoms with E-state index in [0.717, 1.165) is 17.5 Å². The van der Waals surface area contributed by atoms with Crippen LogP contribution in [-0.4, -0.2) is 4.98 Å². The van der Waals surface area contributed by atoms with Crippen LogP contribution < -0.4 is 11.3 Å². The molecular weight excluding hydrogens is 345 g/mol. The standard InChI is InChI=1S/C14H14BrClFN3/c1-2-8-7-19-6-5-9(8)14(20-18)10-3-4-11(15)12(16)13(10)17/h3-7,14,20H,2,18H2,1H3. The van der Waals surface area contributed by atoms with Crippen LogP contribution in [0.4, 0.5) is 4.39 Å². The van der Waals surface area contributed by atoms with Gasteiger partial charge >= 0.3 is 0 Å².